The van der Waals surface area contributed by atoms with Gasteiger partial charge < -0.3 is 10.3 Å². The molecular formula is C20H27N5. The molecular weight excluding hydrogens is 310 g/mol. The lowest BCUT2D eigenvalue weighted by atomic mass is 9.87. The number of aryl methyl sites for hydroxylation is 1. The van der Waals surface area contributed by atoms with Crippen molar-refractivity contribution in [3.63, 3.8) is 0 Å². The van der Waals surface area contributed by atoms with E-state index >= 15 is 0 Å². The molecule has 1 heterocycles. The molecule has 0 spiro atoms. The number of aliphatic imine (C=N–C) groups is 1. The molecule has 2 rings (SSSR count). The number of benzene rings is 1. The van der Waals surface area contributed by atoms with Gasteiger partial charge in [-0.15, -0.1) is 0 Å². The molecule has 0 unspecified atom stereocenters. The highest BCUT2D eigenvalue weighted by Gasteiger charge is 2.13. The van der Waals surface area contributed by atoms with Gasteiger partial charge in [-0.25, -0.2) is 9.89 Å². The second-order valence-corrected chi connectivity index (χ2v) is 7.23. The molecule has 0 aliphatic rings. The van der Waals surface area contributed by atoms with Crippen LogP contribution in [0.2, 0.25) is 0 Å². The van der Waals surface area contributed by atoms with Crippen LogP contribution in [0.4, 0.5) is 0 Å². The van der Waals surface area contributed by atoms with Gasteiger partial charge in [0, 0.05) is 31.9 Å². The zero-order valence-electron chi connectivity index (χ0n) is 15.5. The number of rotatable bonds is 5. The van der Waals surface area contributed by atoms with E-state index in [0.29, 0.717) is 13.1 Å². The third kappa shape index (κ3) is 5.12. The summed E-state index contributed by atoms with van der Waals surface area (Å²) in [7, 11) is 1.99. The maximum Gasteiger partial charge on any atom is 0.205 e. The van der Waals surface area contributed by atoms with Crippen molar-refractivity contribution in [1.29, 1.82) is 5.26 Å². The summed E-state index contributed by atoms with van der Waals surface area (Å²) in [6.45, 7) is 7.56. The monoisotopic (exact) mass is 337 g/mol. The lowest BCUT2D eigenvalue weighted by molar-refractivity contribution is 0.555. The molecule has 0 fully saturated rings. The van der Waals surface area contributed by atoms with Crippen LogP contribution in [0.15, 0.2) is 47.6 Å². The minimum absolute atomic E-state index is 0.134. The molecule has 1 aromatic carbocycles. The summed E-state index contributed by atoms with van der Waals surface area (Å²) >= 11 is 0. The Hall–Kier alpha value is -2.74. The second kappa shape index (κ2) is 7.89. The highest BCUT2D eigenvalue weighted by molar-refractivity contribution is 5.79. The maximum absolute atomic E-state index is 9.33. The van der Waals surface area contributed by atoms with Gasteiger partial charge in [0.2, 0.25) is 5.96 Å². The first kappa shape index (κ1) is 18.6. The minimum Gasteiger partial charge on any atom is -0.369 e. The summed E-state index contributed by atoms with van der Waals surface area (Å²) in [5.74, 6) is 0.261. The fraction of sp³-hybridized carbons (Fsp3) is 0.400. The zero-order valence-corrected chi connectivity index (χ0v) is 15.5. The van der Waals surface area contributed by atoms with E-state index in [1.807, 2.05) is 29.9 Å². The number of aromatic nitrogens is 1. The van der Waals surface area contributed by atoms with Gasteiger partial charge in [0.15, 0.2) is 6.19 Å². The number of nitrogens with two attached hydrogens (primary N) is 1. The third-order valence-electron chi connectivity index (χ3n) is 4.28. The molecule has 0 aliphatic carbocycles. The van der Waals surface area contributed by atoms with E-state index in [0.717, 1.165) is 17.7 Å². The Morgan fingerprint density at radius 3 is 2.44 bits per heavy atom. The Kier molecular flexibility index (Phi) is 5.87. The lowest BCUT2D eigenvalue weighted by Crippen LogP contribution is -2.35. The molecule has 2 N–H and O–H groups in total. The summed E-state index contributed by atoms with van der Waals surface area (Å²) in [6, 6.07) is 12.4. The van der Waals surface area contributed by atoms with E-state index < -0.39 is 0 Å². The average Bonchev–Trinajstić information content (AvgIpc) is 2.98. The fourth-order valence-electron chi connectivity index (χ4n) is 2.57. The largest absolute Gasteiger partial charge is 0.369 e. The summed E-state index contributed by atoms with van der Waals surface area (Å²) in [5, 5.41) is 9.33. The van der Waals surface area contributed by atoms with Gasteiger partial charge in [0.25, 0.3) is 0 Å². The molecule has 1 aromatic heterocycles. The SMILES string of the molecule is Cn1cccc1CCN(C#N)C(N)=NCc1ccc(C(C)(C)C)cc1. The van der Waals surface area contributed by atoms with Gasteiger partial charge in [-0.3, -0.25) is 0 Å². The van der Waals surface area contributed by atoms with E-state index in [4.69, 9.17) is 5.73 Å². The van der Waals surface area contributed by atoms with Crippen LogP contribution in [-0.2, 0) is 25.4 Å². The first-order valence-electron chi connectivity index (χ1n) is 8.48. The van der Waals surface area contributed by atoms with E-state index in [1.165, 1.54) is 10.5 Å². The molecule has 0 aliphatic heterocycles. The quantitative estimate of drug-likeness (QED) is 0.394. The van der Waals surface area contributed by atoms with Gasteiger partial charge in [0.05, 0.1) is 6.54 Å². The Morgan fingerprint density at radius 2 is 1.92 bits per heavy atom. The van der Waals surface area contributed by atoms with Crippen molar-refractivity contribution in [3.8, 4) is 6.19 Å². The summed E-state index contributed by atoms with van der Waals surface area (Å²) < 4.78 is 2.04. The number of nitriles is 1. The highest BCUT2D eigenvalue weighted by Crippen LogP contribution is 2.22. The van der Waals surface area contributed by atoms with Crippen molar-refractivity contribution in [2.75, 3.05) is 6.54 Å². The molecule has 5 nitrogen and oxygen atoms in total. The Bertz CT molecular complexity index is 757. The average molecular weight is 337 g/mol. The van der Waals surface area contributed by atoms with Crippen LogP contribution in [0.25, 0.3) is 0 Å². The predicted molar refractivity (Wildman–Crippen MR) is 102 cm³/mol. The topological polar surface area (TPSA) is 70.3 Å². The van der Waals surface area contributed by atoms with Crippen molar-refractivity contribution in [2.45, 2.75) is 39.2 Å². The van der Waals surface area contributed by atoms with Crippen molar-refractivity contribution in [2.24, 2.45) is 17.8 Å². The minimum atomic E-state index is 0.134. The molecule has 0 atom stereocenters. The van der Waals surface area contributed by atoms with Gasteiger partial charge >= 0.3 is 0 Å². The van der Waals surface area contributed by atoms with E-state index in [2.05, 4.69) is 56.2 Å². The standard InChI is InChI=1S/C20H27N5/c1-20(2,3)17-9-7-16(8-10-17)14-23-19(22)25(15-21)13-11-18-6-5-12-24(18)4/h5-10,12H,11,13-14H2,1-4H3,(H2,22,23). The van der Waals surface area contributed by atoms with Gasteiger partial charge in [-0.05, 0) is 28.7 Å². The van der Waals surface area contributed by atoms with Crippen LogP contribution in [0.5, 0.6) is 0 Å². The Balaban J connectivity index is 1.96. The molecule has 0 radical (unpaired) electrons. The lowest BCUT2D eigenvalue weighted by Gasteiger charge is -2.19. The number of hydrogen-bond acceptors (Lipinski definition) is 2. The fourth-order valence-corrected chi connectivity index (χ4v) is 2.57. The molecule has 0 saturated heterocycles. The molecule has 5 heteroatoms. The highest BCUT2D eigenvalue weighted by atomic mass is 15.2. The van der Waals surface area contributed by atoms with Crippen LogP contribution in [0.1, 0.15) is 37.6 Å². The molecule has 25 heavy (non-hydrogen) atoms. The molecule has 2 aromatic rings. The van der Waals surface area contributed by atoms with Crippen LogP contribution in [-0.4, -0.2) is 22.0 Å². The van der Waals surface area contributed by atoms with Crippen LogP contribution in [0.3, 0.4) is 0 Å². The summed E-state index contributed by atoms with van der Waals surface area (Å²) in [6.07, 6.45) is 4.85. The van der Waals surface area contributed by atoms with E-state index in [9.17, 15) is 5.26 Å². The second-order valence-electron chi connectivity index (χ2n) is 7.23. The van der Waals surface area contributed by atoms with Crippen LogP contribution in [0, 0.1) is 11.5 Å². The summed E-state index contributed by atoms with van der Waals surface area (Å²) in [4.78, 5) is 5.81. The van der Waals surface area contributed by atoms with E-state index in [-0.39, 0.29) is 11.4 Å². The molecule has 0 amide bonds. The normalized spacial score (nSPS) is 12.0. The third-order valence-corrected chi connectivity index (χ3v) is 4.28. The van der Waals surface area contributed by atoms with Gasteiger partial charge in [-0.1, -0.05) is 45.0 Å². The number of nitrogens with zero attached hydrogens (tertiary/aromatic N) is 4. The zero-order chi connectivity index (χ0) is 18.4. The molecule has 132 valence electrons. The molecule has 0 bridgehead atoms. The smallest absolute Gasteiger partial charge is 0.205 e. The van der Waals surface area contributed by atoms with Crippen LogP contribution < -0.4 is 5.73 Å². The van der Waals surface area contributed by atoms with Gasteiger partial charge in [-0.2, -0.15) is 5.26 Å². The first-order valence-corrected chi connectivity index (χ1v) is 8.48. The van der Waals surface area contributed by atoms with Gasteiger partial charge in [0.1, 0.15) is 0 Å². The first-order chi connectivity index (χ1) is 11.8. The van der Waals surface area contributed by atoms with Crippen LogP contribution >= 0.6 is 0 Å². The number of guanidine groups is 1. The Morgan fingerprint density at radius 1 is 1.24 bits per heavy atom. The number of hydrogen-bond donors (Lipinski definition) is 1. The van der Waals surface area contributed by atoms with Crippen molar-refractivity contribution < 1.29 is 0 Å². The Labute approximate surface area is 150 Å². The molecule has 0 saturated carbocycles. The van der Waals surface area contributed by atoms with Crippen molar-refractivity contribution in [3.05, 3.63) is 59.4 Å². The predicted octanol–water partition coefficient (Wildman–Crippen LogP) is 3.16. The van der Waals surface area contributed by atoms with Crippen molar-refractivity contribution >= 4 is 5.96 Å². The van der Waals surface area contributed by atoms with Crippen molar-refractivity contribution in [1.82, 2.24) is 9.47 Å². The maximum atomic E-state index is 9.33. The summed E-state index contributed by atoms with van der Waals surface area (Å²) in [5.41, 5.74) is 9.66. The van der Waals surface area contributed by atoms with E-state index in [1.54, 1.807) is 0 Å².